The van der Waals surface area contributed by atoms with Crippen LogP contribution in [0.2, 0.25) is 20.1 Å². The quantitative estimate of drug-likeness (QED) is 0.110. The lowest BCUT2D eigenvalue weighted by molar-refractivity contribution is -0.151. The van der Waals surface area contributed by atoms with Crippen molar-refractivity contribution >= 4 is 82.2 Å². The van der Waals surface area contributed by atoms with Crippen molar-refractivity contribution < 1.29 is 60.2 Å². The van der Waals surface area contributed by atoms with Gasteiger partial charge in [0.1, 0.15) is 22.6 Å². The molecule has 2 N–H and O–H groups in total. The molecule has 21 nitrogen and oxygen atoms in total. The van der Waals surface area contributed by atoms with Crippen molar-refractivity contribution in [3.8, 4) is 0 Å². The number of nitrogens with zero attached hydrogens (tertiary/aromatic N) is 10. The first-order valence-electron chi connectivity index (χ1n) is 24.5. The summed E-state index contributed by atoms with van der Waals surface area (Å²) in [6, 6.07) is 6.34. The molecular formula is C51H52Cl4F4N12O9. The maximum absolute atomic E-state index is 15.3. The Hall–Kier alpha value is -6.96. The van der Waals surface area contributed by atoms with Gasteiger partial charge in [-0.15, -0.1) is 10.2 Å². The second-order valence-electron chi connectivity index (χ2n) is 21.8. The fraction of sp³-hybridized carbons (Fsp3) is 0.451. The molecule has 2 unspecified atom stereocenters. The number of hydrogen-bond acceptors (Lipinski definition) is 15. The minimum Gasteiger partial charge on any atom is -0.444 e. The number of likely N-dealkylation sites (tertiary alicyclic amines) is 4. The lowest BCUT2D eigenvalue weighted by Gasteiger charge is -2.49. The number of benzene rings is 2. The van der Waals surface area contributed by atoms with E-state index in [2.05, 4.69) is 35.6 Å². The van der Waals surface area contributed by atoms with Gasteiger partial charge in [-0.25, -0.2) is 19.6 Å². The smallest absolute Gasteiger partial charge is 0.410 e. The molecule has 5 aromatic rings. The molecule has 4 fully saturated rings. The SMILES string of the molecule is CC(C)(C)OC(=O)N1CC2(C1)CN(C(=O)c1cnccn1)CC2C(=O)NNC(=O)C(F)(F)c1ccc(Cl)c(Cl)c1.Cc1cncc(C(=O)N2CC(c3nnc(C(F)(F)c4ccc(Cl)c(Cl)c4)o3)C3(CN(C(=O)OC(C)(C)C)C3)C2)n1. The summed E-state index contributed by atoms with van der Waals surface area (Å²) >= 11 is 23.4. The molecular weight excluding hydrogens is 1140 g/mol. The van der Waals surface area contributed by atoms with Crippen LogP contribution in [0, 0.1) is 23.7 Å². The number of carbonyl (C=O) groups excluding carboxylic acids is 6. The van der Waals surface area contributed by atoms with Crippen LogP contribution in [-0.2, 0) is 30.9 Å². The number of halogens is 8. The van der Waals surface area contributed by atoms with Crippen molar-refractivity contribution in [2.75, 3.05) is 52.4 Å². The Morgan fingerprint density at radius 2 is 1.16 bits per heavy atom. The first-order valence-corrected chi connectivity index (χ1v) is 26.0. The van der Waals surface area contributed by atoms with Gasteiger partial charge in [-0.2, -0.15) is 17.6 Å². The van der Waals surface area contributed by atoms with Gasteiger partial charge in [-0.05, 0) is 72.7 Å². The maximum Gasteiger partial charge on any atom is 0.410 e. The number of aryl methyl sites for hydroxylation is 1. The Balaban J connectivity index is 0.000000210. The number of nitrogens with one attached hydrogen (secondary N) is 2. The van der Waals surface area contributed by atoms with Crippen molar-refractivity contribution in [1.82, 2.24) is 60.6 Å². The van der Waals surface area contributed by atoms with E-state index in [1.165, 1.54) is 51.8 Å². The molecule has 4 aliphatic rings. The average Bonchev–Trinajstić information content (AvgIpc) is 4.33. The van der Waals surface area contributed by atoms with Crippen molar-refractivity contribution in [3.05, 3.63) is 127 Å². The molecule has 426 valence electrons. The highest BCUT2D eigenvalue weighted by Crippen LogP contribution is 2.51. The lowest BCUT2D eigenvalue weighted by Crippen LogP contribution is -2.65. The van der Waals surface area contributed by atoms with Crippen LogP contribution < -0.4 is 10.9 Å². The fourth-order valence-corrected chi connectivity index (χ4v) is 10.2. The molecule has 0 saturated carbocycles. The third-order valence-corrected chi connectivity index (χ3v) is 14.9. The van der Waals surface area contributed by atoms with Crippen LogP contribution >= 0.6 is 46.4 Å². The molecule has 2 spiro atoms. The van der Waals surface area contributed by atoms with Crippen molar-refractivity contribution in [1.29, 1.82) is 0 Å². The number of aromatic nitrogens is 6. The molecule has 4 aliphatic heterocycles. The second kappa shape index (κ2) is 22.2. The van der Waals surface area contributed by atoms with Crippen molar-refractivity contribution in [2.45, 2.75) is 77.4 Å². The third kappa shape index (κ3) is 12.5. The van der Waals surface area contributed by atoms with Gasteiger partial charge < -0.3 is 33.5 Å². The first kappa shape index (κ1) is 59.2. The van der Waals surface area contributed by atoms with Crippen molar-refractivity contribution in [3.63, 3.8) is 0 Å². The first-order chi connectivity index (χ1) is 37.3. The molecule has 9 rings (SSSR count). The maximum atomic E-state index is 15.3. The van der Waals surface area contributed by atoms with E-state index in [4.69, 9.17) is 60.3 Å². The lowest BCUT2D eigenvalue weighted by atomic mass is 9.71. The minimum absolute atomic E-state index is 0.0305. The van der Waals surface area contributed by atoms with Crippen LogP contribution in [0.4, 0.5) is 27.2 Å². The Kier molecular flexibility index (Phi) is 16.4. The summed E-state index contributed by atoms with van der Waals surface area (Å²) in [4.78, 5) is 99.2. The predicted octanol–water partition coefficient (Wildman–Crippen LogP) is 8.12. The highest BCUT2D eigenvalue weighted by atomic mass is 35.5. The van der Waals surface area contributed by atoms with Crippen LogP contribution in [0.15, 0.2) is 71.8 Å². The molecule has 7 heterocycles. The highest BCUT2D eigenvalue weighted by Gasteiger charge is 2.61. The van der Waals surface area contributed by atoms with E-state index in [-0.39, 0.29) is 95.6 Å². The molecule has 6 amide bonds. The average molecular weight is 1190 g/mol. The number of hydrazine groups is 1. The van der Waals surface area contributed by atoms with Gasteiger partial charge in [-0.3, -0.25) is 40.0 Å². The molecule has 29 heteroatoms. The Morgan fingerprint density at radius 3 is 1.73 bits per heavy atom. The van der Waals surface area contributed by atoms with Gasteiger partial charge in [0, 0.05) is 92.9 Å². The fourth-order valence-electron chi connectivity index (χ4n) is 9.65. The van der Waals surface area contributed by atoms with E-state index in [1.807, 2.05) is 0 Å². The molecule has 0 bridgehead atoms. The van der Waals surface area contributed by atoms with Gasteiger partial charge in [0.2, 0.25) is 11.8 Å². The van der Waals surface area contributed by atoms with Crippen LogP contribution in [0.25, 0.3) is 0 Å². The third-order valence-electron chi connectivity index (χ3n) is 13.4. The summed E-state index contributed by atoms with van der Waals surface area (Å²) in [6.07, 6.45) is 5.82. The van der Waals surface area contributed by atoms with E-state index in [0.717, 1.165) is 30.3 Å². The number of rotatable bonds is 8. The largest absolute Gasteiger partial charge is 0.444 e. The number of carbonyl (C=O) groups is 6. The summed E-state index contributed by atoms with van der Waals surface area (Å²) in [6.45, 7) is 13.0. The molecule has 4 saturated heterocycles. The van der Waals surface area contributed by atoms with Crippen LogP contribution in [0.1, 0.15) is 97.0 Å². The van der Waals surface area contributed by atoms with Crippen LogP contribution in [0.3, 0.4) is 0 Å². The Labute approximate surface area is 474 Å². The van der Waals surface area contributed by atoms with Gasteiger partial charge in [-0.1, -0.05) is 58.5 Å². The van der Waals surface area contributed by atoms with Gasteiger partial charge in [0.15, 0.2) is 0 Å². The Morgan fingerprint density at radius 1 is 0.637 bits per heavy atom. The van der Waals surface area contributed by atoms with Gasteiger partial charge in [0.25, 0.3) is 17.7 Å². The number of hydrogen-bond donors (Lipinski definition) is 2. The summed E-state index contributed by atoms with van der Waals surface area (Å²) in [5.74, 6) is -13.8. The van der Waals surface area contributed by atoms with E-state index >= 15 is 8.78 Å². The summed E-state index contributed by atoms with van der Waals surface area (Å²) in [5, 5.41) is 7.56. The standard InChI is InChI=1S/C26H26Cl2F2N6O4.C25H26Cl2F2N6O5/c1-14-8-31-9-19(32-14)21(37)35-10-16(25(11-35)12-36(13-25)23(38)40-24(2,3)4)20-33-34-22(39-20)26(29,30)15-5-6-17(27)18(28)7-15;1-23(2,3)40-22(39)35-12-24(13-35)11-34(20(37)18-9-30-6-7-31-18)10-15(24)19(36)32-33-21(38)25(28,29)14-4-5-16(26)17(27)8-14/h5-9,16H,10-13H2,1-4H3;4-9,15H,10-13H2,1-3H3,(H,32,36)(H,33,38). The van der Waals surface area contributed by atoms with E-state index in [1.54, 1.807) is 58.8 Å². The zero-order chi connectivity index (χ0) is 58.5. The van der Waals surface area contributed by atoms with E-state index in [0.29, 0.717) is 5.69 Å². The number of amides is 6. The summed E-state index contributed by atoms with van der Waals surface area (Å²) in [7, 11) is 0. The number of alkyl halides is 4. The van der Waals surface area contributed by atoms with Gasteiger partial charge in [0.05, 0.1) is 50.0 Å². The molecule has 2 aromatic carbocycles. The summed E-state index contributed by atoms with van der Waals surface area (Å²) < 4.78 is 76.6. The predicted molar refractivity (Wildman–Crippen MR) is 278 cm³/mol. The minimum atomic E-state index is -4.05. The molecule has 3 aromatic heterocycles. The monoisotopic (exact) mass is 1190 g/mol. The van der Waals surface area contributed by atoms with Gasteiger partial charge >= 0.3 is 29.9 Å². The number of ether oxygens (including phenoxy) is 2. The zero-order valence-electron chi connectivity index (χ0n) is 43.8. The van der Waals surface area contributed by atoms with E-state index < -0.39 is 92.6 Å². The topological polar surface area (TPSA) is 248 Å². The summed E-state index contributed by atoms with van der Waals surface area (Å²) in [5.41, 5.74) is 0.337. The molecule has 2 atom stereocenters. The van der Waals surface area contributed by atoms with E-state index in [9.17, 15) is 37.5 Å². The molecule has 0 aliphatic carbocycles. The second-order valence-corrected chi connectivity index (χ2v) is 23.4. The normalized spacial score (nSPS) is 18.4. The highest BCUT2D eigenvalue weighted by molar-refractivity contribution is 6.42. The zero-order valence-corrected chi connectivity index (χ0v) is 46.9. The Bertz CT molecular complexity index is 3230. The molecule has 80 heavy (non-hydrogen) atoms. The van der Waals surface area contributed by atoms with Crippen LogP contribution in [0.5, 0.6) is 0 Å². The molecule has 0 radical (unpaired) electrons. The van der Waals surface area contributed by atoms with Crippen molar-refractivity contribution in [2.24, 2.45) is 16.7 Å². The van der Waals surface area contributed by atoms with Crippen LogP contribution in [-0.4, -0.2) is 149 Å².